The molecule has 0 unspecified atom stereocenters. The molecule has 0 radical (unpaired) electrons. The molecule has 0 atom stereocenters. The van der Waals surface area contributed by atoms with Crippen LogP contribution in [0.5, 0.6) is 0 Å². The van der Waals surface area contributed by atoms with Crippen molar-refractivity contribution in [2.45, 2.75) is 6.10 Å². The molecular formula is C3H8O5Rf3. The molecule has 0 aromatic carbocycles. The molecule has 0 bridgehead atoms. The van der Waals surface area contributed by atoms with Gasteiger partial charge in [-0.1, -0.05) is 0 Å². The van der Waals surface area contributed by atoms with Crippen LogP contribution in [-0.2, 0) is 9.78 Å². The first-order valence-corrected chi connectivity index (χ1v) is 2.02. The minimum Gasteiger partial charge on any atom is -0.388 e. The van der Waals surface area contributed by atoms with Crippen molar-refractivity contribution in [2.75, 3.05) is 13.2 Å². The van der Waals surface area contributed by atoms with E-state index in [1.54, 1.807) is 0 Å². The van der Waals surface area contributed by atoms with Gasteiger partial charge in [0.2, 0.25) is 0 Å². The van der Waals surface area contributed by atoms with E-state index in [2.05, 4.69) is 9.78 Å². The predicted octanol–water partition coefficient (Wildman–Crippen LogP) is -0.673. The molecule has 0 aromatic rings. The fourth-order valence-electron chi connectivity index (χ4n) is 0.220. The van der Waals surface area contributed by atoms with E-state index in [1.807, 2.05) is 0 Å². The van der Waals surface area contributed by atoms with E-state index in [0.29, 0.717) is 0 Å². The fourth-order valence-corrected chi connectivity index (χ4v) is 0.220. The summed E-state index contributed by atoms with van der Waals surface area (Å²) in [5.74, 6) is 0. The van der Waals surface area contributed by atoms with Crippen molar-refractivity contribution in [3.05, 3.63) is 0 Å². The largest absolute Gasteiger partial charge is 0.388 e. The molecule has 11 heavy (non-hydrogen) atoms. The van der Waals surface area contributed by atoms with Crippen LogP contribution in [0, 0.1) is 0 Å². The molecule has 0 saturated carbocycles. The number of aliphatic hydroxyl groups excluding tert-OH is 1. The number of hydrogen-bond acceptors (Lipinski definition) is 5. The summed E-state index contributed by atoms with van der Waals surface area (Å²) < 4.78 is 0. The van der Waals surface area contributed by atoms with E-state index in [9.17, 15) is 0 Å². The summed E-state index contributed by atoms with van der Waals surface area (Å²) in [4.78, 5) is 7.03. The van der Waals surface area contributed by atoms with Crippen molar-refractivity contribution < 1.29 is 25.4 Å². The second-order valence-electron chi connectivity index (χ2n) is 1.25. The van der Waals surface area contributed by atoms with Gasteiger partial charge in [-0.05, 0) is 0 Å². The standard InChI is InChI=1S/C3H8O5.3Rf/c4-3(1-7-5)2-8-6;;;/h3-6H,1-2H2;;;. The Morgan fingerprint density at radius 2 is 1.18 bits per heavy atom. The molecule has 0 rings (SSSR count). The van der Waals surface area contributed by atoms with Gasteiger partial charge in [-0.2, -0.15) is 0 Å². The Hall–Kier alpha value is -3.20. The molecule has 0 aliphatic rings. The van der Waals surface area contributed by atoms with E-state index in [-0.39, 0.29) is 13.2 Å². The maximum atomic E-state index is 8.48. The molecule has 0 aliphatic heterocycles. The summed E-state index contributed by atoms with van der Waals surface area (Å²) in [5, 5.41) is 23.8. The van der Waals surface area contributed by atoms with Gasteiger partial charge in [-0.25, -0.2) is 9.78 Å². The molecule has 0 amide bonds. The summed E-state index contributed by atoms with van der Waals surface area (Å²) in [7, 11) is 0. The second-order valence-corrected chi connectivity index (χ2v) is 1.25. The quantitative estimate of drug-likeness (QED) is 0.258. The third kappa shape index (κ3) is 20.0. The van der Waals surface area contributed by atoms with Crippen LogP contribution in [0.3, 0.4) is 0 Å². The Morgan fingerprint density at radius 3 is 1.36 bits per heavy atom. The zero-order valence-electron chi connectivity index (χ0n) is 6.27. The first-order chi connectivity index (χ1) is 3.81. The first-order valence-electron chi connectivity index (χ1n) is 2.02. The Balaban J connectivity index is -0.0000000817. The van der Waals surface area contributed by atoms with Gasteiger partial charge in [-0.3, -0.25) is 10.5 Å². The third-order valence-corrected chi connectivity index (χ3v) is 0.534. The molecule has 3 N–H and O–H groups in total. The summed E-state index contributed by atoms with van der Waals surface area (Å²) in [6.45, 7) is -0.527. The molecule has 5 nitrogen and oxygen atoms in total. The van der Waals surface area contributed by atoms with Crippen LogP contribution in [-0.4, -0.2) is 34.9 Å². The van der Waals surface area contributed by atoms with Crippen LogP contribution in [0.4, 0.5) is 0 Å². The van der Waals surface area contributed by atoms with Crippen LogP contribution in [0.1, 0.15) is 0 Å². The van der Waals surface area contributed by atoms with Gasteiger partial charge in [0.05, 0.1) is 0 Å². The zero-order valence-corrected chi connectivity index (χ0v) is 25.5. The summed E-state index contributed by atoms with van der Waals surface area (Å²) in [6.07, 6.45) is -0.981. The third-order valence-electron chi connectivity index (χ3n) is 0.534. The zero-order chi connectivity index (χ0) is 6.41. The minimum atomic E-state index is -0.981. The molecule has 56 valence electrons. The average molecular weight is 925 g/mol. The average Bonchev–Trinajstić information content (AvgIpc) is 1.68. The van der Waals surface area contributed by atoms with E-state index in [1.165, 1.54) is 0 Å². The molecule has 0 fully saturated rings. The molecule has 0 spiro atoms. The first kappa shape index (κ1) is 25.0. The van der Waals surface area contributed by atoms with Gasteiger partial charge >= 0.3 is 0 Å². The van der Waals surface area contributed by atoms with Crippen molar-refractivity contribution in [1.82, 2.24) is 0 Å². The SMILES string of the molecule is OOCC(O)COO.[Rf].[Rf].[Rf]. The van der Waals surface area contributed by atoms with E-state index >= 15 is 0 Å². The summed E-state index contributed by atoms with van der Waals surface area (Å²) in [6, 6.07) is 0. The molecule has 0 aromatic heterocycles. The van der Waals surface area contributed by atoms with Crippen molar-refractivity contribution in [3.63, 3.8) is 0 Å². The molecule has 0 saturated heterocycles. The van der Waals surface area contributed by atoms with Gasteiger partial charge in [-0.15, -0.1) is 0 Å². The molecule has 0 aliphatic carbocycles. The van der Waals surface area contributed by atoms with Crippen LogP contribution in [0.2, 0.25) is 0 Å². The fraction of sp³-hybridized carbons (Fsp3) is 1.00. The number of aliphatic hydroxyl groups is 1. The van der Waals surface area contributed by atoms with E-state index in [0.717, 1.165) is 0 Å². The van der Waals surface area contributed by atoms with Crippen LogP contribution >= 0.6 is 0 Å². The predicted molar refractivity (Wildman–Crippen MR) is 23.2 cm³/mol. The van der Waals surface area contributed by atoms with Gasteiger partial charge < -0.3 is 5.11 Å². The van der Waals surface area contributed by atoms with Crippen LogP contribution < -0.4 is 0 Å². The number of rotatable bonds is 4. The van der Waals surface area contributed by atoms with Gasteiger partial charge in [0.1, 0.15) is 19.3 Å². The van der Waals surface area contributed by atoms with Crippen molar-refractivity contribution >= 4 is 0 Å². The van der Waals surface area contributed by atoms with Crippen molar-refractivity contribution in [3.8, 4) is 0 Å². The smallest absolute Gasteiger partial charge is 0.110 e. The van der Waals surface area contributed by atoms with Crippen LogP contribution in [0.25, 0.3) is 0 Å². The van der Waals surface area contributed by atoms with Crippen molar-refractivity contribution in [1.29, 1.82) is 0 Å². The van der Waals surface area contributed by atoms with Gasteiger partial charge in [0, 0.05) is 0 Å². The second kappa shape index (κ2) is 15.8. The number of hydrogen-bond donors (Lipinski definition) is 3. The Morgan fingerprint density at radius 1 is 0.909 bits per heavy atom. The summed E-state index contributed by atoms with van der Waals surface area (Å²) >= 11 is 0. The Labute approximate surface area is 45.9 Å². The maximum absolute atomic E-state index is 8.48. The maximum Gasteiger partial charge on any atom is 0.110 e. The monoisotopic (exact) mass is 925 g/mol. The minimum absolute atomic E-state index is 0. The van der Waals surface area contributed by atoms with E-state index < -0.39 is 6.10 Å². The Bertz CT molecular complexity index is 50.2. The topological polar surface area (TPSA) is 79.2 Å². The molecular weight excluding hydrogens is 917 g/mol. The Kier molecular flexibility index (Phi) is 36.0. The van der Waals surface area contributed by atoms with Gasteiger partial charge in [0.25, 0.3) is 0 Å². The molecule has 0 heterocycles. The van der Waals surface area contributed by atoms with Crippen LogP contribution in [0.15, 0.2) is 0 Å². The molecule has 8 heteroatoms. The summed E-state index contributed by atoms with van der Waals surface area (Å²) in [5.41, 5.74) is 0. The van der Waals surface area contributed by atoms with Crippen molar-refractivity contribution in [2.24, 2.45) is 0 Å². The van der Waals surface area contributed by atoms with Gasteiger partial charge in [0.15, 0.2) is 0 Å². The normalized spacial score (nSPS) is 7.64. The van der Waals surface area contributed by atoms with E-state index in [4.69, 9.17) is 15.6 Å².